The van der Waals surface area contributed by atoms with Gasteiger partial charge in [-0.2, -0.15) is 0 Å². The molecule has 0 bridgehead atoms. The first-order valence-corrected chi connectivity index (χ1v) is 7.60. The van der Waals surface area contributed by atoms with Crippen LogP contribution in [0.4, 0.5) is 10.5 Å². The van der Waals surface area contributed by atoms with Gasteiger partial charge in [0.15, 0.2) is 0 Å². The van der Waals surface area contributed by atoms with Crippen molar-refractivity contribution in [2.45, 2.75) is 13.8 Å². The van der Waals surface area contributed by atoms with E-state index < -0.39 is 0 Å². The van der Waals surface area contributed by atoms with Crippen LogP contribution in [0.5, 0.6) is 0 Å². The van der Waals surface area contributed by atoms with Crippen LogP contribution in [0, 0.1) is 0 Å². The van der Waals surface area contributed by atoms with Crippen LogP contribution in [0.1, 0.15) is 24.2 Å². The Balaban J connectivity index is 1.88. The van der Waals surface area contributed by atoms with Crippen LogP contribution in [0.25, 0.3) is 0 Å². The molecule has 1 saturated heterocycles. The van der Waals surface area contributed by atoms with Crippen LogP contribution >= 0.6 is 0 Å². The minimum absolute atomic E-state index is 0.0274. The molecule has 1 aliphatic rings. The smallest absolute Gasteiger partial charge is 0.338 e. The number of hydrogen-bond donors (Lipinski definition) is 1. The van der Waals surface area contributed by atoms with E-state index in [2.05, 4.69) is 5.32 Å². The van der Waals surface area contributed by atoms with Crippen molar-refractivity contribution >= 4 is 23.6 Å². The Labute approximate surface area is 135 Å². The summed E-state index contributed by atoms with van der Waals surface area (Å²) in [6, 6.07) is 6.34. The van der Waals surface area contributed by atoms with Gasteiger partial charge in [-0.1, -0.05) is 0 Å². The summed E-state index contributed by atoms with van der Waals surface area (Å²) in [7, 11) is 0. The monoisotopic (exact) mass is 319 g/mol. The van der Waals surface area contributed by atoms with Crippen molar-refractivity contribution in [1.82, 2.24) is 9.80 Å². The number of nitrogens with zero attached hydrogens (tertiary/aromatic N) is 2. The van der Waals surface area contributed by atoms with E-state index in [0.717, 1.165) is 0 Å². The number of benzene rings is 1. The van der Waals surface area contributed by atoms with Crippen LogP contribution in [0.3, 0.4) is 0 Å². The molecule has 0 saturated carbocycles. The maximum Gasteiger partial charge on any atom is 0.338 e. The molecule has 1 aromatic carbocycles. The number of amides is 3. The van der Waals surface area contributed by atoms with E-state index in [1.54, 1.807) is 41.0 Å². The summed E-state index contributed by atoms with van der Waals surface area (Å²) in [5.74, 6) is -0.356. The van der Waals surface area contributed by atoms with Crippen LogP contribution in [-0.2, 0) is 9.53 Å². The van der Waals surface area contributed by atoms with Crippen molar-refractivity contribution in [2.24, 2.45) is 0 Å². The fraction of sp³-hybridized carbons (Fsp3) is 0.438. The lowest BCUT2D eigenvalue weighted by Gasteiger charge is -2.34. The maximum absolute atomic E-state index is 12.2. The Morgan fingerprint density at radius 1 is 1.04 bits per heavy atom. The summed E-state index contributed by atoms with van der Waals surface area (Å²) in [6.07, 6.45) is 0. The summed E-state index contributed by atoms with van der Waals surface area (Å²) < 4.78 is 4.91. The van der Waals surface area contributed by atoms with Crippen molar-refractivity contribution < 1.29 is 19.1 Å². The third-order valence-electron chi connectivity index (χ3n) is 3.66. The lowest BCUT2D eigenvalue weighted by atomic mass is 10.2. The standard InChI is InChI=1S/C16H21N3O4/c1-3-23-15(21)13-4-6-14(7-5-13)17-16(22)19-10-8-18(9-11-19)12(2)20/h4-7H,3,8-11H2,1-2H3,(H,17,22). The molecular formula is C16H21N3O4. The maximum atomic E-state index is 12.2. The highest BCUT2D eigenvalue weighted by Crippen LogP contribution is 2.12. The second-order valence-electron chi connectivity index (χ2n) is 5.22. The molecule has 124 valence electrons. The first-order valence-electron chi connectivity index (χ1n) is 7.60. The fourth-order valence-corrected chi connectivity index (χ4v) is 2.33. The zero-order valence-corrected chi connectivity index (χ0v) is 13.4. The summed E-state index contributed by atoms with van der Waals surface area (Å²) in [5.41, 5.74) is 1.05. The molecule has 0 aromatic heterocycles. The quantitative estimate of drug-likeness (QED) is 0.858. The lowest BCUT2D eigenvalue weighted by Crippen LogP contribution is -2.51. The largest absolute Gasteiger partial charge is 0.462 e. The van der Waals surface area contributed by atoms with Crippen LogP contribution in [0.2, 0.25) is 0 Å². The highest BCUT2D eigenvalue weighted by Gasteiger charge is 2.22. The molecule has 23 heavy (non-hydrogen) atoms. The van der Waals surface area contributed by atoms with Gasteiger partial charge >= 0.3 is 12.0 Å². The van der Waals surface area contributed by atoms with Gasteiger partial charge in [-0.05, 0) is 31.2 Å². The summed E-state index contributed by atoms with van der Waals surface area (Å²) in [5, 5.41) is 2.79. The molecule has 7 heteroatoms. The van der Waals surface area contributed by atoms with Gasteiger partial charge in [0.2, 0.25) is 5.91 Å². The highest BCUT2D eigenvalue weighted by atomic mass is 16.5. The van der Waals surface area contributed by atoms with E-state index in [0.29, 0.717) is 44.0 Å². The SMILES string of the molecule is CCOC(=O)c1ccc(NC(=O)N2CCN(C(C)=O)CC2)cc1. The van der Waals surface area contributed by atoms with E-state index in [-0.39, 0.29) is 17.9 Å². The second-order valence-corrected chi connectivity index (χ2v) is 5.22. The Hall–Kier alpha value is -2.57. The molecule has 2 rings (SSSR count). The molecule has 0 spiro atoms. The van der Waals surface area contributed by atoms with Crippen molar-refractivity contribution in [3.63, 3.8) is 0 Å². The number of carbonyl (C=O) groups is 3. The van der Waals surface area contributed by atoms with Gasteiger partial charge in [0.1, 0.15) is 0 Å². The number of anilines is 1. The van der Waals surface area contributed by atoms with Gasteiger partial charge in [-0.15, -0.1) is 0 Å². The predicted octanol–water partition coefficient (Wildman–Crippen LogP) is 1.56. The first-order chi connectivity index (χ1) is 11.0. The van der Waals surface area contributed by atoms with Crippen LogP contribution in [-0.4, -0.2) is 60.5 Å². The van der Waals surface area contributed by atoms with Crippen LogP contribution in [0.15, 0.2) is 24.3 Å². The summed E-state index contributed by atoms with van der Waals surface area (Å²) in [6.45, 7) is 5.70. The molecule has 0 atom stereocenters. The molecule has 1 N–H and O–H groups in total. The third-order valence-corrected chi connectivity index (χ3v) is 3.66. The summed E-state index contributed by atoms with van der Waals surface area (Å²) in [4.78, 5) is 38.4. The Morgan fingerprint density at radius 3 is 2.13 bits per heavy atom. The number of rotatable bonds is 3. The third kappa shape index (κ3) is 4.45. The number of esters is 1. The van der Waals surface area contributed by atoms with Gasteiger partial charge in [0, 0.05) is 38.8 Å². The lowest BCUT2D eigenvalue weighted by molar-refractivity contribution is -0.130. The molecule has 0 aliphatic carbocycles. The Kier molecular flexibility index (Phi) is 5.56. The zero-order valence-electron chi connectivity index (χ0n) is 13.4. The molecule has 7 nitrogen and oxygen atoms in total. The van der Waals surface area contributed by atoms with E-state index >= 15 is 0 Å². The molecule has 1 aliphatic heterocycles. The van der Waals surface area contributed by atoms with E-state index in [4.69, 9.17) is 4.74 Å². The normalized spacial score (nSPS) is 14.3. The average Bonchev–Trinajstić information content (AvgIpc) is 2.55. The Morgan fingerprint density at radius 2 is 1.61 bits per heavy atom. The summed E-state index contributed by atoms with van der Waals surface area (Å²) >= 11 is 0. The zero-order chi connectivity index (χ0) is 16.8. The highest BCUT2D eigenvalue weighted by molar-refractivity contribution is 5.92. The first kappa shape index (κ1) is 16.8. The van der Waals surface area contributed by atoms with Gasteiger partial charge < -0.3 is 19.9 Å². The minimum atomic E-state index is -0.384. The van der Waals surface area contributed by atoms with Crippen molar-refractivity contribution in [3.8, 4) is 0 Å². The number of nitrogens with one attached hydrogen (secondary N) is 1. The van der Waals surface area contributed by atoms with Gasteiger partial charge in [-0.25, -0.2) is 9.59 Å². The van der Waals surface area contributed by atoms with E-state index in [9.17, 15) is 14.4 Å². The predicted molar refractivity (Wildman–Crippen MR) is 85.2 cm³/mol. The van der Waals surface area contributed by atoms with Crippen molar-refractivity contribution in [1.29, 1.82) is 0 Å². The van der Waals surface area contributed by atoms with Crippen molar-refractivity contribution in [3.05, 3.63) is 29.8 Å². The number of hydrogen-bond acceptors (Lipinski definition) is 4. The van der Waals surface area contributed by atoms with Crippen LogP contribution < -0.4 is 5.32 Å². The molecule has 1 fully saturated rings. The average molecular weight is 319 g/mol. The van der Waals surface area contributed by atoms with Gasteiger partial charge in [-0.3, -0.25) is 4.79 Å². The molecule has 0 unspecified atom stereocenters. The van der Waals surface area contributed by atoms with Crippen molar-refractivity contribution in [2.75, 3.05) is 38.1 Å². The molecular weight excluding hydrogens is 298 g/mol. The molecule has 1 heterocycles. The molecule has 1 aromatic rings. The number of carbonyl (C=O) groups excluding carboxylic acids is 3. The van der Waals surface area contributed by atoms with E-state index in [1.165, 1.54) is 6.92 Å². The fourth-order valence-electron chi connectivity index (χ4n) is 2.33. The number of ether oxygens (including phenoxy) is 1. The minimum Gasteiger partial charge on any atom is -0.462 e. The number of piperazine rings is 1. The van der Waals surface area contributed by atoms with Gasteiger partial charge in [0.05, 0.1) is 12.2 Å². The topological polar surface area (TPSA) is 79.0 Å². The Bertz CT molecular complexity index is 577. The van der Waals surface area contributed by atoms with E-state index in [1.807, 2.05) is 0 Å². The molecule has 0 radical (unpaired) electrons. The molecule has 3 amide bonds. The second kappa shape index (κ2) is 7.62. The number of urea groups is 1. The van der Waals surface area contributed by atoms with Gasteiger partial charge in [0.25, 0.3) is 0 Å².